The second kappa shape index (κ2) is 7.32. The van der Waals surface area contributed by atoms with Crippen LogP contribution in [0.1, 0.15) is 61.1 Å². The fourth-order valence-corrected chi connectivity index (χ4v) is 2.61. The zero-order valence-electron chi connectivity index (χ0n) is 14.7. The van der Waals surface area contributed by atoms with Crippen LogP contribution in [0.2, 0.25) is 0 Å². The Morgan fingerprint density at radius 3 is 1.74 bits per heavy atom. The van der Waals surface area contributed by atoms with Gasteiger partial charge in [-0.1, -0.05) is 17.7 Å². The number of hydrogen-bond donors (Lipinski definition) is 3. The monoisotopic (exact) mass is 375 g/mol. The molecular weight excluding hydrogens is 358 g/mol. The molecular formula is C18H17NO8. The highest BCUT2D eigenvalue weighted by molar-refractivity contribution is 6.14. The van der Waals surface area contributed by atoms with Gasteiger partial charge in [0.25, 0.3) is 0 Å². The van der Waals surface area contributed by atoms with Crippen LogP contribution < -0.4 is 0 Å². The van der Waals surface area contributed by atoms with Gasteiger partial charge in [-0.05, 0) is 32.9 Å². The highest BCUT2D eigenvalue weighted by Crippen LogP contribution is 2.29. The van der Waals surface area contributed by atoms with Crippen molar-refractivity contribution in [2.75, 3.05) is 0 Å². The number of carboxylic acid groups (broad SMARTS) is 3. The fourth-order valence-electron chi connectivity index (χ4n) is 2.61. The molecule has 9 heteroatoms. The first-order chi connectivity index (χ1) is 12.6. The normalized spacial score (nSPS) is 10.7. The Hall–Kier alpha value is -3.62. The quantitative estimate of drug-likeness (QED) is 0.653. The molecule has 27 heavy (non-hydrogen) atoms. The van der Waals surface area contributed by atoms with Gasteiger partial charge in [0, 0.05) is 5.69 Å². The van der Waals surface area contributed by atoms with Gasteiger partial charge in [-0.15, -0.1) is 0 Å². The number of aromatic nitrogens is 1. The molecule has 0 amide bonds. The molecule has 0 bridgehead atoms. The molecule has 2 rings (SSSR count). The average Bonchev–Trinajstić information content (AvgIpc) is 2.91. The Balaban J connectivity index is 3.01. The first kappa shape index (κ1) is 19.7. The Kier molecular flexibility index (Phi) is 5.34. The number of carbonyl (C=O) groups is 4. The van der Waals surface area contributed by atoms with Crippen molar-refractivity contribution >= 4 is 23.9 Å². The van der Waals surface area contributed by atoms with Gasteiger partial charge in [-0.2, -0.15) is 0 Å². The standard InChI is InChI=1S/C18H17NO8/c1-8(2)27-18(26)14-12(16(22)23)11(15(20)21)13(17(24)25)19(14)10-6-4-9(3)5-7-10/h4-8H,1-3H3,(H,20,21)(H,22,23)(H,24,25). The second-order valence-corrected chi connectivity index (χ2v) is 5.99. The first-order valence-corrected chi connectivity index (χ1v) is 7.82. The summed E-state index contributed by atoms with van der Waals surface area (Å²) in [6.45, 7) is 4.82. The zero-order valence-corrected chi connectivity index (χ0v) is 14.7. The van der Waals surface area contributed by atoms with Crippen LogP contribution in [0.15, 0.2) is 24.3 Å². The molecule has 0 spiro atoms. The van der Waals surface area contributed by atoms with Crippen molar-refractivity contribution in [1.29, 1.82) is 0 Å². The highest BCUT2D eigenvalue weighted by Gasteiger charge is 2.38. The van der Waals surface area contributed by atoms with E-state index >= 15 is 0 Å². The number of aryl methyl sites for hydroxylation is 1. The van der Waals surface area contributed by atoms with E-state index in [1.807, 2.05) is 0 Å². The summed E-state index contributed by atoms with van der Waals surface area (Å²) in [5.41, 5.74) is -2.51. The molecule has 0 radical (unpaired) electrons. The predicted molar refractivity (Wildman–Crippen MR) is 91.9 cm³/mol. The summed E-state index contributed by atoms with van der Waals surface area (Å²) in [5.74, 6) is -6.37. The van der Waals surface area contributed by atoms with E-state index in [1.54, 1.807) is 19.1 Å². The number of hydrogen-bond acceptors (Lipinski definition) is 5. The van der Waals surface area contributed by atoms with E-state index in [1.165, 1.54) is 26.0 Å². The van der Waals surface area contributed by atoms with Gasteiger partial charge in [0.05, 0.1) is 6.10 Å². The molecule has 3 N–H and O–H groups in total. The van der Waals surface area contributed by atoms with Gasteiger partial charge in [0.1, 0.15) is 22.5 Å². The molecule has 0 aliphatic rings. The van der Waals surface area contributed by atoms with Crippen molar-refractivity contribution < 1.29 is 39.2 Å². The smallest absolute Gasteiger partial charge is 0.356 e. The number of aromatic carboxylic acids is 3. The summed E-state index contributed by atoms with van der Waals surface area (Å²) in [6.07, 6.45) is -0.637. The van der Waals surface area contributed by atoms with Crippen LogP contribution in [-0.4, -0.2) is 49.9 Å². The minimum atomic E-state index is -1.78. The van der Waals surface area contributed by atoms with Crippen molar-refractivity contribution in [1.82, 2.24) is 4.57 Å². The number of rotatable bonds is 6. The highest BCUT2D eigenvalue weighted by atomic mass is 16.5. The van der Waals surface area contributed by atoms with Gasteiger partial charge in [-0.25, -0.2) is 19.2 Å². The minimum absolute atomic E-state index is 0.115. The molecule has 1 aromatic carbocycles. The number of esters is 1. The van der Waals surface area contributed by atoms with E-state index in [0.29, 0.717) is 0 Å². The maximum absolute atomic E-state index is 12.6. The molecule has 142 valence electrons. The lowest BCUT2D eigenvalue weighted by atomic mass is 10.1. The molecule has 2 aromatic rings. The number of benzene rings is 1. The lowest BCUT2D eigenvalue weighted by molar-refractivity contribution is 0.0361. The lowest BCUT2D eigenvalue weighted by Crippen LogP contribution is -2.20. The van der Waals surface area contributed by atoms with E-state index in [-0.39, 0.29) is 5.69 Å². The van der Waals surface area contributed by atoms with Crippen molar-refractivity contribution in [3.8, 4) is 5.69 Å². The SMILES string of the molecule is Cc1ccc(-n2c(C(=O)O)c(C(=O)O)c(C(=O)O)c2C(=O)OC(C)C)cc1. The number of carboxylic acids is 3. The maximum Gasteiger partial charge on any atom is 0.356 e. The van der Waals surface area contributed by atoms with E-state index in [2.05, 4.69) is 0 Å². The van der Waals surface area contributed by atoms with E-state index in [0.717, 1.165) is 10.1 Å². The van der Waals surface area contributed by atoms with Crippen molar-refractivity contribution in [3.05, 3.63) is 52.3 Å². The van der Waals surface area contributed by atoms with Gasteiger partial charge in [0.15, 0.2) is 0 Å². The maximum atomic E-state index is 12.6. The van der Waals surface area contributed by atoms with Gasteiger partial charge >= 0.3 is 23.9 Å². The molecule has 0 unspecified atom stereocenters. The Morgan fingerprint density at radius 1 is 0.852 bits per heavy atom. The fraction of sp³-hybridized carbons (Fsp3) is 0.222. The third-order valence-corrected chi connectivity index (χ3v) is 3.63. The van der Waals surface area contributed by atoms with Gasteiger partial charge in [-0.3, -0.25) is 4.57 Å². The summed E-state index contributed by atoms with van der Waals surface area (Å²) < 4.78 is 5.82. The van der Waals surface area contributed by atoms with Crippen molar-refractivity contribution in [3.63, 3.8) is 0 Å². The summed E-state index contributed by atoms with van der Waals surface area (Å²) in [6, 6.07) is 6.12. The zero-order chi connectivity index (χ0) is 20.5. The average molecular weight is 375 g/mol. The predicted octanol–water partition coefficient (Wildman–Crippen LogP) is 2.45. The van der Waals surface area contributed by atoms with Crippen LogP contribution in [0.25, 0.3) is 5.69 Å². The number of carbonyl (C=O) groups excluding carboxylic acids is 1. The number of nitrogens with zero attached hydrogens (tertiary/aromatic N) is 1. The van der Waals surface area contributed by atoms with Crippen LogP contribution in [0.3, 0.4) is 0 Å². The molecule has 0 saturated heterocycles. The van der Waals surface area contributed by atoms with Crippen LogP contribution in [0, 0.1) is 6.92 Å². The molecule has 9 nitrogen and oxygen atoms in total. The third-order valence-electron chi connectivity index (χ3n) is 3.63. The Labute approximate surface area is 153 Å². The van der Waals surface area contributed by atoms with E-state index in [4.69, 9.17) is 4.74 Å². The first-order valence-electron chi connectivity index (χ1n) is 7.82. The topological polar surface area (TPSA) is 143 Å². The molecule has 0 saturated carbocycles. The van der Waals surface area contributed by atoms with Crippen LogP contribution >= 0.6 is 0 Å². The van der Waals surface area contributed by atoms with Crippen molar-refractivity contribution in [2.45, 2.75) is 26.9 Å². The minimum Gasteiger partial charge on any atom is -0.478 e. The molecule has 0 aliphatic carbocycles. The summed E-state index contributed by atoms with van der Waals surface area (Å²) >= 11 is 0. The van der Waals surface area contributed by atoms with Gasteiger partial charge in [0.2, 0.25) is 0 Å². The largest absolute Gasteiger partial charge is 0.478 e. The van der Waals surface area contributed by atoms with Crippen LogP contribution in [0.5, 0.6) is 0 Å². The number of ether oxygens (including phenoxy) is 1. The molecule has 0 atom stereocenters. The van der Waals surface area contributed by atoms with Crippen molar-refractivity contribution in [2.24, 2.45) is 0 Å². The Bertz CT molecular complexity index is 937. The summed E-state index contributed by atoms with van der Waals surface area (Å²) in [4.78, 5) is 47.7. The second-order valence-electron chi connectivity index (χ2n) is 5.99. The van der Waals surface area contributed by atoms with Crippen LogP contribution in [0.4, 0.5) is 0 Å². The van der Waals surface area contributed by atoms with Crippen LogP contribution in [-0.2, 0) is 4.74 Å². The third kappa shape index (κ3) is 3.66. The molecule has 1 aromatic heterocycles. The Morgan fingerprint density at radius 2 is 1.33 bits per heavy atom. The molecule has 0 fully saturated rings. The molecule has 1 heterocycles. The van der Waals surface area contributed by atoms with E-state index in [9.17, 15) is 34.5 Å². The van der Waals surface area contributed by atoms with Gasteiger partial charge < -0.3 is 20.1 Å². The summed E-state index contributed by atoms with van der Waals surface area (Å²) in [5, 5.41) is 28.5. The molecule has 0 aliphatic heterocycles. The lowest BCUT2D eigenvalue weighted by Gasteiger charge is -2.13. The summed E-state index contributed by atoms with van der Waals surface area (Å²) in [7, 11) is 0. The van der Waals surface area contributed by atoms with E-state index < -0.39 is 52.5 Å².